The molecule has 0 spiro atoms. The molecule has 0 saturated carbocycles. The molecular weight excluding hydrogens is 400 g/mol. The molecule has 2 aromatic heterocycles. The Labute approximate surface area is 168 Å². The van der Waals surface area contributed by atoms with Gasteiger partial charge < -0.3 is 10.6 Å². The predicted octanol–water partition coefficient (Wildman–Crippen LogP) is -0.419. The highest BCUT2D eigenvalue weighted by Gasteiger charge is 2.17. The van der Waals surface area contributed by atoms with Gasteiger partial charge in [0.15, 0.2) is 0 Å². The Hall–Kier alpha value is -3.84. The van der Waals surface area contributed by atoms with Crippen LogP contribution in [-0.2, 0) is 28.2 Å². The maximum Gasteiger partial charge on any atom is 0.332 e. The lowest BCUT2D eigenvalue weighted by atomic mass is 10.3. The largest absolute Gasteiger partial charge is 0.369 e. The van der Waals surface area contributed by atoms with Crippen molar-refractivity contribution in [3.05, 3.63) is 51.5 Å². The van der Waals surface area contributed by atoms with Crippen LogP contribution in [0.2, 0.25) is 0 Å². The summed E-state index contributed by atoms with van der Waals surface area (Å²) in [5.41, 5.74) is -3.58. The number of rotatable bonds is 9. The monoisotopic (exact) mass is 422 g/mol. The van der Waals surface area contributed by atoms with Crippen molar-refractivity contribution in [2.75, 3.05) is 23.7 Å². The van der Waals surface area contributed by atoms with Crippen molar-refractivity contribution in [3.8, 4) is 0 Å². The summed E-state index contributed by atoms with van der Waals surface area (Å²) in [6, 6.07) is 0. The highest BCUT2D eigenvalue weighted by atomic mass is 16.3. The number of anilines is 2. The molecule has 2 heterocycles. The van der Waals surface area contributed by atoms with Gasteiger partial charge in [0.1, 0.15) is 11.6 Å². The van der Waals surface area contributed by atoms with Gasteiger partial charge in [-0.2, -0.15) is 0 Å². The fourth-order valence-corrected chi connectivity index (χ4v) is 2.89. The van der Waals surface area contributed by atoms with Crippen LogP contribution in [0, 0.1) is 9.81 Å². The summed E-state index contributed by atoms with van der Waals surface area (Å²) in [6.45, 7) is 0.609. The van der Waals surface area contributed by atoms with Crippen LogP contribution in [0.4, 0.5) is 23.0 Å². The summed E-state index contributed by atoms with van der Waals surface area (Å²) in [6.07, 6.45) is 1.05. The first-order valence-electron chi connectivity index (χ1n) is 8.91. The molecule has 0 aliphatic rings. The summed E-state index contributed by atoms with van der Waals surface area (Å²) in [7, 11) is 5.32. The van der Waals surface area contributed by atoms with E-state index >= 15 is 0 Å². The van der Waals surface area contributed by atoms with E-state index in [0.717, 1.165) is 18.3 Å². The number of nitroso groups, excluding NO2 is 2. The number of nitrogens with zero attached hydrogens (tertiary/aromatic N) is 6. The fourth-order valence-electron chi connectivity index (χ4n) is 2.89. The fraction of sp³-hybridized carbons (Fsp3) is 0.500. The van der Waals surface area contributed by atoms with E-state index in [9.17, 15) is 29.0 Å². The Balaban J connectivity index is 2.04. The zero-order chi connectivity index (χ0) is 22.6. The first-order chi connectivity index (χ1) is 14.2. The normalized spacial score (nSPS) is 10.7. The smallest absolute Gasteiger partial charge is 0.332 e. The van der Waals surface area contributed by atoms with E-state index < -0.39 is 33.9 Å². The van der Waals surface area contributed by atoms with E-state index in [-0.39, 0.29) is 11.6 Å². The van der Waals surface area contributed by atoms with Crippen molar-refractivity contribution in [2.24, 2.45) is 38.5 Å². The van der Waals surface area contributed by atoms with Crippen molar-refractivity contribution in [1.82, 2.24) is 18.3 Å². The molecule has 0 atom stereocenters. The molecule has 30 heavy (non-hydrogen) atoms. The summed E-state index contributed by atoms with van der Waals surface area (Å²) >= 11 is 0. The standard InChI is InChI=1S/C16H22N8O6/c1-21-11(9(19-29)13(25)23(3)15(21)27)17-7-5-6-8-18-12-10(20-30)14(26)24(4)16(28)22(12)2/h17-18H,5-8H2,1-4H3. The first-order valence-corrected chi connectivity index (χ1v) is 8.91. The van der Waals surface area contributed by atoms with Gasteiger partial charge in [-0.1, -0.05) is 0 Å². The van der Waals surface area contributed by atoms with E-state index in [4.69, 9.17) is 0 Å². The average Bonchev–Trinajstić information content (AvgIpc) is 2.74. The quantitative estimate of drug-likeness (QED) is 0.405. The van der Waals surface area contributed by atoms with Crippen molar-refractivity contribution in [1.29, 1.82) is 0 Å². The summed E-state index contributed by atoms with van der Waals surface area (Å²) in [5.74, 6) is 0.0416. The molecule has 162 valence electrons. The van der Waals surface area contributed by atoms with Crippen molar-refractivity contribution < 1.29 is 0 Å². The summed E-state index contributed by atoms with van der Waals surface area (Å²) < 4.78 is 3.82. The van der Waals surface area contributed by atoms with Gasteiger partial charge in [-0.05, 0) is 23.2 Å². The molecule has 0 amide bonds. The predicted molar refractivity (Wildman–Crippen MR) is 111 cm³/mol. The molecule has 2 aromatic rings. The second-order valence-corrected chi connectivity index (χ2v) is 6.55. The van der Waals surface area contributed by atoms with Gasteiger partial charge in [0.2, 0.25) is 11.4 Å². The molecular formula is C16H22N8O6. The van der Waals surface area contributed by atoms with E-state index in [1.165, 1.54) is 28.2 Å². The zero-order valence-electron chi connectivity index (χ0n) is 17.0. The minimum atomic E-state index is -0.794. The van der Waals surface area contributed by atoms with Crippen LogP contribution >= 0.6 is 0 Å². The zero-order valence-corrected chi connectivity index (χ0v) is 17.0. The van der Waals surface area contributed by atoms with Crippen LogP contribution in [0.3, 0.4) is 0 Å². The molecule has 14 heteroatoms. The van der Waals surface area contributed by atoms with E-state index in [1.807, 2.05) is 0 Å². The third kappa shape index (κ3) is 3.97. The number of aromatic nitrogens is 4. The SMILES string of the molecule is Cn1c(NCCCCNc2c(N=O)c(=O)n(C)c(=O)n2C)c(N=O)c(=O)n(C)c1=O. The number of hydrogen-bond acceptors (Lipinski definition) is 10. The average molecular weight is 422 g/mol. The maximum atomic E-state index is 12.0. The molecule has 14 nitrogen and oxygen atoms in total. The van der Waals surface area contributed by atoms with Gasteiger partial charge in [0.25, 0.3) is 11.1 Å². The van der Waals surface area contributed by atoms with Gasteiger partial charge in [-0.15, -0.1) is 9.81 Å². The Bertz CT molecular complexity index is 1120. The topological polar surface area (TPSA) is 171 Å². The highest BCUT2D eigenvalue weighted by molar-refractivity contribution is 5.60. The molecule has 0 fully saturated rings. The lowest BCUT2D eigenvalue weighted by Gasteiger charge is -2.14. The van der Waals surface area contributed by atoms with Crippen molar-refractivity contribution in [2.45, 2.75) is 12.8 Å². The Morgan fingerprint density at radius 2 is 0.967 bits per heavy atom. The van der Waals surface area contributed by atoms with Crippen LogP contribution in [0.15, 0.2) is 29.5 Å². The third-order valence-corrected chi connectivity index (χ3v) is 4.65. The van der Waals surface area contributed by atoms with E-state index in [1.54, 1.807) is 0 Å². The Kier molecular flexibility index (Phi) is 6.81. The van der Waals surface area contributed by atoms with E-state index in [0.29, 0.717) is 25.9 Å². The van der Waals surface area contributed by atoms with Crippen LogP contribution in [-0.4, -0.2) is 31.4 Å². The molecule has 0 unspecified atom stereocenters. The molecule has 2 N–H and O–H groups in total. The summed E-state index contributed by atoms with van der Waals surface area (Å²) in [5, 5.41) is 11.1. The molecule has 2 rings (SSSR count). The Morgan fingerprint density at radius 3 is 1.27 bits per heavy atom. The van der Waals surface area contributed by atoms with Crippen molar-refractivity contribution in [3.63, 3.8) is 0 Å². The van der Waals surface area contributed by atoms with Gasteiger partial charge in [0, 0.05) is 41.3 Å². The lowest BCUT2D eigenvalue weighted by Crippen LogP contribution is -2.38. The van der Waals surface area contributed by atoms with E-state index in [2.05, 4.69) is 21.0 Å². The number of nitrogens with one attached hydrogen (secondary N) is 2. The summed E-state index contributed by atoms with van der Waals surface area (Å²) in [4.78, 5) is 69.9. The number of hydrogen-bond donors (Lipinski definition) is 2. The van der Waals surface area contributed by atoms with Gasteiger partial charge in [-0.25, -0.2) is 9.59 Å². The molecule has 0 aliphatic carbocycles. The molecule has 0 radical (unpaired) electrons. The maximum absolute atomic E-state index is 12.0. The number of unbranched alkanes of at least 4 members (excludes halogenated alkanes) is 1. The molecule has 0 aromatic carbocycles. The minimum absolute atomic E-state index is 0.0208. The molecule has 0 bridgehead atoms. The molecule has 0 aliphatic heterocycles. The van der Waals surface area contributed by atoms with Gasteiger partial charge >= 0.3 is 11.4 Å². The second-order valence-electron chi connectivity index (χ2n) is 6.55. The lowest BCUT2D eigenvalue weighted by molar-refractivity contribution is 0.681. The minimum Gasteiger partial charge on any atom is -0.369 e. The van der Waals surface area contributed by atoms with Gasteiger partial charge in [0.05, 0.1) is 0 Å². The Morgan fingerprint density at radius 1 is 0.633 bits per heavy atom. The van der Waals surface area contributed by atoms with Crippen molar-refractivity contribution >= 4 is 23.0 Å². The highest BCUT2D eigenvalue weighted by Crippen LogP contribution is 2.18. The third-order valence-electron chi connectivity index (χ3n) is 4.65. The first kappa shape index (κ1) is 22.4. The van der Waals surface area contributed by atoms with Crippen LogP contribution in [0.5, 0.6) is 0 Å². The molecule has 0 saturated heterocycles. The van der Waals surface area contributed by atoms with Crippen LogP contribution in [0.1, 0.15) is 12.8 Å². The van der Waals surface area contributed by atoms with Crippen LogP contribution in [0.25, 0.3) is 0 Å². The van der Waals surface area contributed by atoms with Gasteiger partial charge in [-0.3, -0.25) is 27.9 Å². The second kappa shape index (κ2) is 9.11. The van der Waals surface area contributed by atoms with Crippen LogP contribution < -0.4 is 33.1 Å².